The Morgan fingerprint density at radius 2 is 1.67 bits per heavy atom. The molecule has 1 aliphatic carbocycles. The molecule has 7 heteroatoms. The van der Waals surface area contributed by atoms with Crippen LogP contribution in [0.25, 0.3) is 0 Å². The molecule has 1 aromatic rings. The maximum absolute atomic E-state index is 12.7. The van der Waals surface area contributed by atoms with Crippen LogP contribution in [0.2, 0.25) is 5.02 Å². The Morgan fingerprint density at radius 1 is 1.07 bits per heavy atom. The van der Waals surface area contributed by atoms with Crippen LogP contribution in [0.4, 0.5) is 0 Å². The van der Waals surface area contributed by atoms with E-state index in [2.05, 4.69) is 5.32 Å². The van der Waals surface area contributed by atoms with Crippen LogP contribution in [0.15, 0.2) is 24.3 Å². The number of nitrogens with one attached hydrogen (secondary N) is 1. The highest BCUT2D eigenvalue weighted by Gasteiger charge is 2.37. The molecule has 2 aliphatic rings. The highest BCUT2D eigenvalue weighted by Crippen LogP contribution is 2.42. The van der Waals surface area contributed by atoms with Crippen LogP contribution in [-0.4, -0.2) is 60.2 Å². The van der Waals surface area contributed by atoms with Gasteiger partial charge in [0.1, 0.15) is 0 Å². The van der Waals surface area contributed by atoms with Crippen molar-refractivity contribution in [2.75, 3.05) is 32.7 Å². The molecule has 1 heterocycles. The highest BCUT2D eigenvalue weighted by atomic mass is 35.5. The summed E-state index contributed by atoms with van der Waals surface area (Å²) < 4.78 is 0. The minimum atomic E-state index is -0.170. The summed E-state index contributed by atoms with van der Waals surface area (Å²) in [5.74, 6) is 0.252. The zero-order valence-corrected chi connectivity index (χ0v) is 16.4. The van der Waals surface area contributed by atoms with Crippen LogP contribution >= 0.6 is 11.6 Å². The van der Waals surface area contributed by atoms with Gasteiger partial charge in [-0.3, -0.25) is 14.4 Å². The molecule has 27 heavy (non-hydrogen) atoms. The molecule has 3 amide bonds. The molecule has 1 saturated carbocycles. The molecule has 1 unspecified atom stereocenters. The minimum absolute atomic E-state index is 0.0194. The lowest BCUT2D eigenvalue weighted by Gasteiger charge is -2.34. The molecule has 1 saturated heterocycles. The smallest absolute Gasteiger partial charge is 0.227 e. The molecule has 1 atom stereocenters. The maximum atomic E-state index is 12.7. The Kier molecular flexibility index (Phi) is 6.37. The Balaban J connectivity index is 1.46. The Labute approximate surface area is 164 Å². The van der Waals surface area contributed by atoms with E-state index >= 15 is 0 Å². The predicted molar refractivity (Wildman–Crippen MR) is 103 cm³/mol. The number of carbonyl (C=O) groups is 3. The highest BCUT2D eigenvalue weighted by molar-refractivity contribution is 6.30. The van der Waals surface area contributed by atoms with Gasteiger partial charge in [0.05, 0.1) is 5.92 Å². The number of halogens is 1. The lowest BCUT2D eigenvalue weighted by atomic mass is 9.93. The molecule has 1 aliphatic heterocycles. The second-order valence-electron chi connectivity index (χ2n) is 7.29. The van der Waals surface area contributed by atoms with Gasteiger partial charge in [-0.15, -0.1) is 0 Å². The number of rotatable bonds is 6. The summed E-state index contributed by atoms with van der Waals surface area (Å²) in [4.78, 5) is 39.9. The van der Waals surface area contributed by atoms with E-state index < -0.39 is 0 Å². The van der Waals surface area contributed by atoms with Gasteiger partial charge >= 0.3 is 0 Å². The van der Waals surface area contributed by atoms with E-state index in [9.17, 15) is 14.4 Å². The zero-order valence-electron chi connectivity index (χ0n) is 15.6. The fraction of sp³-hybridized carbons (Fsp3) is 0.550. The van der Waals surface area contributed by atoms with Crippen molar-refractivity contribution in [3.8, 4) is 0 Å². The van der Waals surface area contributed by atoms with E-state index in [1.54, 1.807) is 16.7 Å². The van der Waals surface area contributed by atoms with Crippen LogP contribution in [0.1, 0.15) is 37.7 Å². The normalized spacial score (nSPS) is 18.1. The van der Waals surface area contributed by atoms with Crippen molar-refractivity contribution in [2.24, 2.45) is 5.92 Å². The molecule has 0 spiro atoms. The van der Waals surface area contributed by atoms with E-state index in [4.69, 9.17) is 11.6 Å². The molecule has 1 aromatic carbocycles. The summed E-state index contributed by atoms with van der Waals surface area (Å²) in [7, 11) is 0. The second kappa shape index (κ2) is 8.74. The second-order valence-corrected chi connectivity index (χ2v) is 7.73. The van der Waals surface area contributed by atoms with Gasteiger partial charge in [0.15, 0.2) is 0 Å². The van der Waals surface area contributed by atoms with Gasteiger partial charge < -0.3 is 15.1 Å². The first-order valence-electron chi connectivity index (χ1n) is 9.52. The Bertz CT molecular complexity index is 695. The molecule has 146 valence electrons. The van der Waals surface area contributed by atoms with Crippen LogP contribution in [0.3, 0.4) is 0 Å². The third-order valence-corrected chi connectivity index (χ3v) is 5.57. The first-order valence-corrected chi connectivity index (χ1v) is 9.90. The van der Waals surface area contributed by atoms with E-state index in [-0.39, 0.29) is 30.1 Å². The minimum Gasteiger partial charge on any atom is -0.355 e. The molecule has 0 radical (unpaired) electrons. The third-order valence-electron chi connectivity index (χ3n) is 5.32. The average molecular weight is 392 g/mol. The van der Waals surface area contributed by atoms with Gasteiger partial charge in [-0.2, -0.15) is 0 Å². The SMILES string of the molecule is CC(=O)N1CCN(C(=O)CCNC(=O)C(c2ccc(Cl)cc2)C2CC2)CC1. The van der Waals surface area contributed by atoms with Crippen molar-refractivity contribution in [3.63, 3.8) is 0 Å². The molecule has 3 rings (SSSR count). The summed E-state index contributed by atoms with van der Waals surface area (Å²) in [5.41, 5.74) is 0.978. The Hall–Kier alpha value is -2.08. The summed E-state index contributed by atoms with van der Waals surface area (Å²) in [6, 6.07) is 7.43. The number of piperazine rings is 1. The summed E-state index contributed by atoms with van der Waals surface area (Å²) >= 11 is 5.95. The number of carbonyl (C=O) groups excluding carboxylic acids is 3. The molecular weight excluding hydrogens is 366 g/mol. The van der Waals surface area contributed by atoms with E-state index in [0.29, 0.717) is 43.7 Å². The molecule has 0 aromatic heterocycles. The topological polar surface area (TPSA) is 69.7 Å². The standard InChI is InChI=1S/C20H26ClN3O3/c1-14(25)23-10-12-24(13-11-23)18(26)8-9-22-20(27)19(15-2-3-15)16-4-6-17(21)7-5-16/h4-7,15,19H,2-3,8-13H2,1H3,(H,22,27). The van der Waals surface area contributed by atoms with Crippen molar-refractivity contribution in [1.82, 2.24) is 15.1 Å². The largest absolute Gasteiger partial charge is 0.355 e. The van der Waals surface area contributed by atoms with Crippen molar-refractivity contribution in [1.29, 1.82) is 0 Å². The third kappa shape index (κ3) is 5.22. The lowest BCUT2D eigenvalue weighted by Crippen LogP contribution is -2.50. The van der Waals surface area contributed by atoms with Crippen LogP contribution in [0.5, 0.6) is 0 Å². The monoisotopic (exact) mass is 391 g/mol. The fourth-order valence-electron chi connectivity index (χ4n) is 3.57. The first kappa shape index (κ1) is 19.7. The average Bonchev–Trinajstić information content (AvgIpc) is 3.48. The predicted octanol–water partition coefficient (Wildman–Crippen LogP) is 2.03. The van der Waals surface area contributed by atoms with E-state index in [0.717, 1.165) is 18.4 Å². The van der Waals surface area contributed by atoms with Gasteiger partial charge in [-0.1, -0.05) is 23.7 Å². The summed E-state index contributed by atoms with van der Waals surface area (Å²) in [5, 5.41) is 3.59. The lowest BCUT2D eigenvalue weighted by molar-refractivity contribution is -0.138. The maximum Gasteiger partial charge on any atom is 0.227 e. The molecular formula is C20H26ClN3O3. The number of hydrogen-bond acceptors (Lipinski definition) is 3. The Morgan fingerprint density at radius 3 is 2.22 bits per heavy atom. The van der Waals surface area contributed by atoms with Gasteiger partial charge in [-0.25, -0.2) is 0 Å². The number of nitrogens with zero attached hydrogens (tertiary/aromatic N) is 2. The molecule has 2 fully saturated rings. The quantitative estimate of drug-likeness (QED) is 0.806. The van der Waals surface area contributed by atoms with Gasteiger partial charge in [-0.05, 0) is 36.5 Å². The van der Waals surface area contributed by atoms with Gasteiger partial charge in [0.2, 0.25) is 17.7 Å². The van der Waals surface area contributed by atoms with Crippen molar-refractivity contribution in [2.45, 2.75) is 32.1 Å². The van der Waals surface area contributed by atoms with Crippen LogP contribution < -0.4 is 5.32 Å². The molecule has 0 bridgehead atoms. The van der Waals surface area contributed by atoms with Crippen LogP contribution in [-0.2, 0) is 14.4 Å². The fourth-order valence-corrected chi connectivity index (χ4v) is 3.69. The first-order chi connectivity index (χ1) is 13.0. The zero-order chi connectivity index (χ0) is 19.4. The van der Waals surface area contributed by atoms with E-state index in [1.807, 2.05) is 24.3 Å². The van der Waals surface area contributed by atoms with Gasteiger partial charge in [0, 0.05) is 51.1 Å². The number of benzene rings is 1. The van der Waals surface area contributed by atoms with Crippen molar-refractivity contribution < 1.29 is 14.4 Å². The molecule has 6 nitrogen and oxygen atoms in total. The van der Waals surface area contributed by atoms with Crippen molar-refractivity contribution >= 4 is 29.3 Å². The molecule has 1 N–H and O–H groups in total. The van der Waals surface area contributed by atoms with E-state index in [1.165, 1.54) is 0 Å². The summed E-state index contributed by atoms with van der Waals surface area (Å²) in [6.07, 6.45) is 2.39. The number of amides is 3. The van der Waals surface area contributed by atoms with Gasteiger partial charge in [0.25, 0.3) is 0 Å². The van der Waals surface area contributed by atoms with Crippen LogP contribution in [0, 0.1) is 5.92 Å². The summed E-state index contributed by atoms with van der Waals surface area (Å²) in [6.45, 7) is 4.15. The number of hydrogen-bond donors (Lipinski definition) is 1. The van der Waals surface area contributed by atoms with Crippen molar-refractivity contribution in [3.05, 3.63) is 34.9 Å².